The van der Waals surface area contributed by atoms with E-state index in [4.69, 9.17) is 0 Å². The maximum Gasteiger partial charge on any atom is 0.168 e. The van der Waals surface area contributed by atoms with Crippen molar-refractivity contribution in [2.75, 3.05) is 5.75 Å². The lowest BCUT2D eigenvalue weighted by molar-refractivity contribution is -0.120. The molecule has 3 nitrogen and oxygen atoms in total. The molecule has 0 aliphatic heterocycles. The summed E-state index contributed by atoms with van der Waals surface area (Å²) in [6.07, 6.45) is 8.32. The molecule has 1 saturated carbocycles. The van der Waals surface area contributed by atoms with Gasteiger partial charge in [0.05, 0.1) is 5.75 Å². The Labute approximate surface area is 94.3 Å². The van der Waals surface area contributed by atoms with E-state index >= 15 is 0 Å². The first-order valence-corrected chi connectivity index (χ1v) is 6.39. The highest BCUT2D eigenvalue weighted by molar-refractivity contribution is 7.99. The number of nitrogens with zero attached hydrogens (tertiary/aromatic N) is 2. The zero-order chi connectivity index (χ0) is 10.7. The molecule has 2 rings (SSSR count). The number of aromatic nitrogens is 2. The number of imidazole rings is 1. The predicted octanol–water partition coefficient (Wildman–Crippen LogP) is 2.27. The summed E-state index contributed by atoms with van der Waals surface area (Å²) in [6.45, 7) is 0. The number of carbonyl (C=O) groups is 1. The average Bonchev–Trinajstić information content (AvgIpc) is 2.85. The largest absolute Gasteiger partial charge is 0.329 e. The molecule has 0 bridgehead atoms. The molecule has 0 N–H and O–H groups in total. The van der Waals surface area contributed by atoms with Gasteiger partial charge in [0.1, 0.15) is 5.78 Å². The van der Waals surface area contributed by atoms with Gasteiger partial charge in [0.2, 0.25) is 0 Å². The van der Waals surface area contributed by atoms with Crippen molar-refractivity contribution in [1.29, 1.82) is 0 Å². The summed E-state index contributed by atoms with van der Waals surface area (Å²) in [5.74, 6) is 1.31. The third-order valence-electron chi connectivity index (χ3n) is 2.93. The van der Waals surface area contributed by atoms with Crippen molar-refractivity contribution < 1.29 is 4.79 Å². The Hall–Kier alpha value is -0.770. The normalized spacial score (nSPS) is 17.1. The number of thioether (sulfide) groups is 1. The van der Waals surface area contributed by atoms with E-state index in [1.807, 2.05) is 17.8 Å². The molecule has 0 aromatic carbocycles. The van der Waals surface area contributed by atoms with Crippen LogP contribution >= 0.6 is 11.8 Å². The number of hydrogen-bond acceptors (Lipinski definition) is 3. The molecule has 0 unspecified atom stereocenters. The van der Waals surface area contributed by atoms with Gasteiger partial charge in [-0.15, -0.1) is 0 Å². The third-order valence-corrected chi connectivity index (χ3v) is 4.01. The van der Waals surface area contributed by atoms with Crippen LogP contribution in [0.1, 0.15) is 25.7 Å². The number of Topliss-reactive ketones (excluding diaryl/α,β-unsaturated/α-hetero) is 1. The molecule has 4 heteroatoms. The maximum atomic E-state index is 11.8. The van der Waals surface area contributed by atoms with Crippen LogP contribution in [0, 0.1) is 5.92 Å². The molecule has 0 saturated heterocycles. The molecule has 1 aromatic heterocycles. The topological polar surface area (TPSA) is 34.9 Å². The Bertz CT molecular complexity index is 342. The monoisotopic (exact) mass is 224 g/mol. The summed E-state index contributed by atoms with van der Waals surface area (Å²) in [5.41, 5.74) is 0. The summed E-state index contributed by atoms with van der Waals surface area (Å²) in [4.78, 5) is 16.0. The zero-order valence-corrected chi connectivity index (χ0v) is 9.80. The highest BCUT2D eigenvalue weighted by Crippen LogP contribution is 2.27. The Morgan fingerprint density at radius 1 is 1.60 bits per heavy atom. The van der Waals surface area contributed by atoms with Crippen molar-refractivity contribution >= 4 is 17.5 Å². The minimum absolute atomic E-state index is 0.331. The average molecular weight is 224 g/mol. The Morgan fingerprint density at radius 3 is 2.93 bits per heavy atom. The second-order valence-electron chi connectivity index (χ2n) is 4.06. The smallest absolute Gasteiger partial charge is 0.168 e. The number of hydrogen-bond donors (Lipinski definition) is 0. The van der Waals surface area contributed by atoms with Gasteiger partial charge >= 0.3 is 0 Å². The van der Waals surface area contributed by atoms with Crippen LogP contribution < -0.4 is 0 Å². The quantitative estimate of drug-likeness (QED) is 0.736. The van der Waals surface area contributed by atoms with E-state index in [1.165, 1.54) is 12.8 Å². The van der Waals surface area contributed by atoms with Gasteiger partial charge in [-0.3, -0.25) is 4.79 Å². The lowest BCUT2D eigenvalue weighted by Gasteiger charge is -2.06. The van der Waals surface area contributed by atoms with Gasteiger partial charge in [0, 0.05) is 25.4 Å². The zero-order valence-electron chi connectivity index (χ0n) is 8.98. The van der Waals surface area contributed by atoms with E-state index in [1.54, 1.807) is 18.0 Å². The second-order valence-corrected chi connectivity index (χ2v) is 5.00. The molecular weight excluding hydrogens is 208 g/mol. The van der Waals surface area contributed by atoms with Crippen LogP contribution in [0.25, 0.3) is 0 Å². The van der Waals surface area contributed by atoms with E-state index in [2.05, 4.69) is 4.98 Å². The minimum atomic E-state index is 0.331. The Kier molecular flexibility index (Phi) is 3.46. The van der Waals surface area contributed by atoms with Crippen LogP contribution in [0.5, 0.6) is 0 Å². The van der Waals surface area contributed by atoms with Gasteiger partial charge in [-0.25, -0.2) is 4.98 Å². The molecule has 15 heavy (non-hydrogen) atoms. The van der Waals surface area contributed by atoms with Gasteiger partial charge in [-0.1, -0.05) is 24.6 Å². The van der Waals surface area contributed by atoms with Crippen molar-refractivity contribution in [2.24, 2.45) is 13.0 Å². The van der Waals surface area contributed by atoms with E-state index < -0.39 is 0 Å². The summed E-state index contributed by atoms with van der Waals surface area (Å²) in [6, 6.07) is 0. The van der Waals surface area contributed by atoms with Crippen LogP contribution in [0.4, 0.5) is 0 Å². The van der Waals surface area contributed by atoms with Gasteiger partial charge in [-0.05, 0) is 12.8 Å². The second kappa shape index (κ2) is 4.84. The third kappa shape index (κ3) is 2.62. The van der Waals surface area contributed by atoms with Crippen molar-refractivity contribution in [3.05, 3.63) is 12.4 Å². The predicted molar refractivity (Wildman–Crippen MR) is 60.9 cm³/mol. The molecule has 1 aromatic rings. The summed E-state index contributed by atoms with van der Waals surface area (Å²) in [7, 11) is 1.95. The molecule has 82 valence electrons. The number of ketones is 1. The fourth-order valence-corrected chi connectivity index (χ4v) is 2.90. The van der Waals surface area contributed by atoms with Crippen LogP contribution in [-0.4, -0.2) is 21.1 Å². The Balaban J connectivity index is 1.83. The fourth-order valence-electron chi connectivity index (χ4n) is 1.99. The van der Waals surface area contributed by atoms with Crippen molar-refractivity contribution in [3.63, 3.8) is 0 Å². The highest BCUT2D eigenvalue weighted by Gasteiger charge is 2.22. The standard InChI is InChI=1S/C11H16N2OS/c1-13-7-6-12-11(13)15-8-10(14)9-4-2-3-5-9/h6-7,9H,2-5,8H2,1H3. The first-order valence-electron chi connectivity index (χ1n) is 5.40. The molecule has 1 aliphatic carbocycles. The highest BCUT2D eigenvalue weighted by atomic mass is 32.2. The van der Waals surface area contributed by atoms with Crippen LogP contribution in [0.3, 0.4) is 0 Å². The first-order chi connectivity index (χ1) is 7.27. The number of rotatable bonds is 4. The number of aryl methyl sites for hydroxylation is 1. The van der Waals surface area contributed by atoms with Crippen molar-refractivity contribution in [1.82, 2.24) is 9.55 Å². The molecule has 0 spiro atoms. The molecular formula is C11H16N2OS. The lowest BCUT2D eigenvalue weighted by atomic mass is 10.0. The van der Waals surface area contributed by atoms with Crippen LogP contribution in [-0.2, 0) is 11.8 Å². The van der Waals surface area contributed by atoms with Gasteiger partial charge < -0.3 is 4.57 Å². The molecule has 0 amide bonds. The number of carbonyl (C=O) groups excluding carboxylic acids is 1. The molecule has 0 atom stereocenters. The van der Waals surface area contributed by atoms with E-state index in [0.29, 0.717) is 17.5 Å². The van der Waals surface area contributed by atoms with E-state index in [9.17, 15) is 4.79 Å². The molecule has 1 fully saturated rings. The first kappa shape index (κ1) is 10.7. The summed E-state index contributed by atoms with van der Waals surface area (Å²) >= 11 is 1.55. The summed E-state index contributed by atoms with van der Waals surface area (Å²) in [5, 5.41) is 0.932. The Morgan fingerprint density at radius 2 is 2.33 bits per heavy atom. The minimum Gasteiger partial charge on any atom is -0.329 e. The lowest BCUT2D eigenvalue weighted by Crippen LogP contribution is -2.13. The molecule has 1 heterocycles. The van der Waals surface area contributed by atoms with Gasteiger partial charge in [0.15, 0.2) is 5.16 Å². The van der Waals surface area contributed by atoms with Crippen LogP contribution in [0.15, 0.2) is 17.6 Å². The van der Waals surface area contributed by atoms with E-state index in [-0.39, 0.29) is 0 Å². The maximum absolute atomic E-state index is 11.8. The van der Waals surface area contributed by atoms with Gasteiger partial charge in [0.25, 0.3) is 0 Å². The SMILES string of the molecule is Cn1ccnc1SCC(=O)C1CCCC1. The van der Waals surface area contributed by atoms with E-state index in [0.717, 1.165) is 18.0 Å². The molecule has 0 radical (unpaired) electrons. The van der Waals surface area contributed by atoms with Crippen LogP contribution in [0.2, 0.25) is 0 Å². The van der Waals surface area contributed by atoms with Gasteiger partial charge in [-0.2, -0.15) is 0 Å². The van der Waals surface area contributed by atoms with Crippen molar-refractivity contribution in [2.45, 2.75) is 30.8 Å². The van der Waals surface area contributed by atoms with Crippen molar-refractivity contribution in [3.8, 4) is 0 Å². The fraction of sp³-hybridized carbons (Fsp3) is 0.636. The molecule has 1 aliphatic rings. The summed E-state index contributed by atoms with van der Waals surface area (Å²) < 4.78 is 1.95.